The summed E-state index contributed by atoms with van der Waals surface area (Å²) < 4.78 is 12.7. The van der Waals surface area contributed by atoms with Gasteiger partial charge in [-0.1, -0.05) is 12.1 Å². The fourth-order valence-corrected chi connectivity index (χ4v) is 2.11. The average molecular weight is 307 g/mol. The molecule has 0 atom stereocenters. The number of aromatic nitrogens is 1. The molecule has 2 rings (SSSR count). The SMILES string of the molecule is O=C(/C=C/c1ccc(F)cc1)NC(=S)Nc1nccs1. The Labute approximate surface area is 124 Å². The summed E-state index contributed by atoms with van der Waals surface area (Å²) in [6.45, 7) is 0. The van der Waals surface area contributed by atoms with E-state index in [0.717, 1.165) is 5.56 Å². The lowest BCUT2D eigenvalue weighted by atomic mass is 10.2. The van der Waals surface area contributed by atoms with Crippen molar-refractivity contribution >= 4 is 45.8 Å². The summed E-state index contributed by atoms with van der Waals surface area (Å²) in [5, 5.41) is 7.85. The zero-order valence-electron chi connectivity index (χ0n) is 10.2. The zero-order chi connectivity index (χ0) is 14.4. The first kappa shape index (κ1) is 14.3. The smallest absolute Gasteiger partial charge is 0.250 e. The van der Waals surface area contributed by atoms with Crippen molar-refractivity contribution in [2.24, 2.45) is 0 Å². The van der Waals surface area contributed by atoms with E-state index in [4.69, 9.17) is 12.2 Å². The molecule has 7 heteroatoms. The highest BCUT2D eigenvalue weighted by molar-refractivity contribution is 7.80. The average Bonchev–Trinajstić information content (AvgIpc) is 2.90. The van der Waals surface area contributed by atoms with Gasteiger partial charge in [-0.05, 0) is 36.0 Å². The molecule has 0 saturated carbocycles. The molecule has 0 bridgehead atoms. The van der Waals surface area contributed by atoms with Crippen LogP contribution in [0.3, 0.4) is 0 Å². The lowest BCUT2D eigenvalue weighted by Gasteiger charge is -2.04. The Hall–Kier alpha value is -2.12. The number of rotatable bonds is 3. The van der Waals surface area contributed by atoms with Crippen LogP contribution in [-0.4, -0.2) is 16.0 Å². The first-order valence-corrected chi connectivity index (χ1v) is 6.87. The van der Waals surface area contributed by atoms with Crippen molar-refractivity contribution < 1.29 is 9.18 Å². The third kappa shape index (κ3) is 4.52. The van der Waals surface area contributed by atoms with Crippen LogP contribution in [0.2, 0.25) is 0 Å². The zero-order valence-corrected chi connectivity index (χ0v) is 11.8. The monoisotopic (exact) mass is 307 g/mol. The van der Waals surface area contributed by atoms with Crippen molar-refractivity contribution in [3.8, 4) is 0 Å². The molecule has 1 amide bonds. The summed E-state index contributed by atoms with van der Waals surface area (Å²) in [6.07, 6.45) is 4.52. The summed E-state index contributed by atoms with van der Waals surface area (Å²) in [7, 11) is 0. The van der Waals surface area contributed by atoms with E-state index in [1.165, 1.54) is 29.5 Å². The highest BCUT2D eigenvalue weighted by Crippen LogP contribution is 2.09. The van der Waals surface area contributed by atoms with E-state index < -0.39 is 0 Å². The van der Waals surface area contributed by atoms with Crippen molar-refractivity contribution in [1.82, 2.24) is 10.3 Å². The number of nitrogens with one attached hydrogen (secondary N) is 2. The molecular formula is C13H10FN3OS2. The van der Waals surface area contributed by atoms with Gasteiger partial charge in [0.1, 0.15) is 5.82 Å². The molecule has 2 N–H and O–H groups in total. The summed E-state index contributed by atoms with van der Waals surface area (Å²) >= 11 is 6.34. The van der Waals surface area contributed by atoms with E-state index in [1.807, 2.05) is 0 Å². The molecule has 102 valence electrons. The third-order valence-electron chi connectivity index (χ3n) is 2.19. The molecule has 1 aromatic carbocycles. The molecular weight excluding hydrogens is 297 g/mol. The van der Waals surface area contributed by atoms with Crippen LogP contribution >= 0.6 is 23.6 Å². The third-order valence-corrected chi connectivity index (χ3v) is 3.08. The van der Waals surface area contributed by atoms with Gasteiger partial charge in [0.15, 0.2) is 10.2 Å². The largest absolute Gasteiger partial charge is 0.308 e. The fourth-order valence-electron chi connectivity index (χ4n) is 1.31. The van der Waals surface area contributed by atoms with Gasteiger partial charge in [0, 0.05) is 17.7 Å². The van der Waals surface area contributed by atoms with Gasteiger partial charge < -0.3 is 5.32 Å². The van der Waals surface area contributed by atoms with Crippen LogP contribution in [0, 0.1) is 5.82 Å². The van der Waals surface area contributed by atoms with Gasteiger partial charge in [0.2, 0.25) is 5.91 Å². The van der Waals surface area contributed by atoms with E-state index in [2.05, 4.69) is 15.6 Å². The molecule has 1 heterocycles. The van der Waals surface area contributed by atoms with Gasteiger partial charge in [-0.3, -0.25) is 10.1 Å². The minimum Gasteiger partial charge on any atom is -0.308 e. The Morgan fingerprint density at radius 3 is 2.75 bits per heavy atom. The highest BCUT2D eigenvalue weighted by atomic mass is 32.1. The van der Waals surface area contributed by atoms with Crippen molar-refractivity contribution in [3.05, 3.63) is 53.3 Å². The van der Waals surface area contributed by atoms with Gasteiger partial charge in [-0.25, -0.2) is 9.37 Å². The van der Waals surface area contributed by atoms with Crippen LogP contribution in [0.15, 0.2) is 41.9 Å². The summed E-state index contributed by atoms with van der Waals surface area (Å²) in [4.78, 5) is 15.6. The number of amides is 1. The molecule has 2 aromatic rings. The van der Waals surface area contributed by atoms with Gasteiger partial charge in [0.05, 0.1) is 0 Å². The summed E-state index contributed by atoms with van der Waals surface area (Å²) in [6, 6.07) is 5.80. The van der Waals surface area contributed by atoms with Crippen LogP contribution in [0.1, 0.15) is 5.56 Å². The topological polar surface area (TPSA) is 54.0 Å². The molecule has 0 fully saturated rings. The molecule has 0 unspecified atom stereocenters. The van der Waals surface area contributed by atoms with Crippen LogP contribution in [0.5, 0.6) is 0 Å². The van der Waals surface area contributed by atoms with Crippen molar-refractivity contribution in [2.45, 2.75) is 0 Å². The summed E-state index contributed by atoms with van der Waals surface area (Å²) in [5.74, 6) is -0.691. The second kappa shape index (κ2) is 6.88. The van der Waals surface area contributed by atoms with Gasteiger partial charge >= 0.3 is 0 Å². The Morgan fingerprint density at radius 1 is 1.35 bits per heavy atom. The van der Waals surface area contributed by atoms with E-state index in [0.29, 0.717) is 5.13 Å². The number of benzene rings is 1. The maximum Gasteiger partial charge on any atom is 0.250 e. The lowest BCUT2D eigenvalue weighted by Crippen LogP contribution is -2.32. The predicted octanol–water partition coefficient (Wildman–Crippen LogP) is 2.81. The van der Waals surface area contributed by atoms with Crippen molar-refractivity contribution in [2.75, 3.05) is 5.32 Å². The first-order chi connectivity index (χ1) is 9.63. The standard InChI is InChI=1S/C13H10FN3OS2/c14-10-4-1-9(2-5-10)3-6-11(18)16-12(19)17-13-15-7-8-20-13/h1-8H,(H2,15,16,17,18,19)/b6-3+. The van der Waals surface area contributed by atoms with E-state index in [1.54, 1.807) is 29.8 Å². The Balaban J connectivity index is 1.85. The highest BCUT2D eigenvalue weighted by Gasteiger charge is 2.02. The van der Waals surface area contributed by atoms with Crippen LogP contribution < -0.4 is 10.6 Å². The number of nitrogens with zero attached hydrogens (tertiary/aromatic N) is 1. The minimum atomic E-state index is -0.372. The van der Waals surface area contributed by atoms with Gasteiger partial charge in [-0.15, -0.1) is 11.3 Å². The Kier molecular flexibility index (Phi) is 4.91. The molecule has 0 aliphatic heterocycles. The van der Waals surface area contributed by atoms with Gasteiger partial charge in [0.25, 0.3) is 0 Å². The number of hydrogen-bond donors (Lipinski definition) is 2. The van der Waals surface area contributed by atoms with Crippen LogP contribution in [-0.2, 0) is 4.79 Å². The number of hydrogen-bond acceptors (Lipinski definition) is 4. The van der Waals surface area contributed by atoms with E-state index in [9.17, 15) is 9.18 Å². The number of carbonyl (C=O) groups is 1. The molecule has 0 spiro atoms. The number of thiazole rings is 1. The molecule has 0 radical (unpaired) electrons. The van der Waals surface area contributed by atoms with Crippen LogP contribution in [0.4, 0.5) is 9.52 Å². The molecule has 0 aliphatic carbocycles. The molecule has 4 nitrogen and oxygen atoms in total. The molecule has 20 heavy (non-hydrogen) atoms. The fraction of sp³-hybridized carbons (Fsp3) is 0. The molecule has 1 aromatic heterocycles. The summed E-state index contributed by atoms with van der Waals surface area (Å²) in [5.41, 5.74) is 0.723. The predicted molar refractivity (Wildman–Crippen MR) is 81.9 cm³/mol. The quantitative estimate of drug-likeness (QED) is 0.676. The maximum atomic E-state index is 12.7. The Bertz CT molecular complexity index is 624. The normalized spacial score (nSPS) is 10.4. The first-order valence-electron chi connectivity index (χ1n) is 5.58. The molecule has 0 aliphatic rings. The second-order valence-corrected chi connectivity index (χ2v) is 4.97. The van der Waals surface area contributed by atoms with E-state index in [-0.39, 0.29) is 16.8 Å². The second-order valence-electron chi connectivity index (χ2n) is 3.67. The molecule has 0 saturated heterocycles. The number of halogens is 1. The van der Waals surface area contributed by atoms with E-state index >= 15 is 0 Å². The Morgan fingerprint density at radius 2 is 2.10 bits per heavy atom. The maximum absolute atomic E-state index is 12.7. The van der Waals surface area contributed by atoms with Gasteiger partial charge in [-0.2, -0.15) is 0 Å². The number of anilines is 1. The number of carbonyl (C=O) groups excluding carboxylic acids is 1. The minimum absolute atomic E-state index is 0.175. The number of thiocarbonyl (C=S) groups is 1. The van der Waals surface area contributed by atoms with Crippen molar-refractivity contribution in [1.29, 1.82) is 0 Å². The van der Waals surface area contributed by atoms with Crippen LogP contribution in [0.25, 0.3) is 6.08 Å². The van der Waals surface area contributed by atoms with Crippen molar-refractivity contribution in [3.63, 3.8) is 0 Å². The lowest BCUT2D eigenvalue weighted by molar-refractivity contribution is -0.115.